The van der Waals surface area contributed by atoms with Crippen LogP contribution in [0.4, 0.5) is 14.5 Å². The van der Waals surface area contributed by atoms with Gasteiger partial charge < -0.3 is 0 Å². The van der Waals surface area contributed by atoms with Crippen molar-refractivity contribution in [3.05, 3.63) is 48.0 Å². The van der Waals surface area contributed by atoms with Crippen molar-refractivity contribution in [1.82, 2.24) is 4.98 Å². The third-order valence-electron chi connectivity index (χ3n) is 3.47. The Morgan fingerprint density at radius 2 is 1.77 bits per heavy atom. The highest BCUT2D eigenvalue weighted by atomic mass is 32.2. The van der Waals surface area contributed by atoms with Gasteiger partial charge in [-0.3, -0.25) is 4.72 Å². The van der Waals surface area contributed by atoms with E-state index in [0.717, 1.165) is 23.5 Å². The van der Waals surface area contributed by atoms with E-state index < -0.39 is 36.4 Å². The van der Waals surface area contributed by atoms with E-state index in [4.69, 9.17) is 0 Å². The first kappa shape index (κ1) is 18.7. The van der Waals surface area contributed by atoms with Gasteiger partial charge in [0.25, 0.3) is 10.0 Å². The average Bonchev–Trinajstić information content (AvgIpc) is 3.01. The molecule has 0 bridgehead atoms. The number of halogens is 2. The van der Waals surface area contributed by atoms with Crippen molar-refractivity contribution < 1.29 is 25.6 Å². The minimum atomic E-state index is -4.14. The number of thiazole rings is 1. The quantitative estimate of drug-likeness (QED) is 0.687. The number of nitrogens with one attached hydrogen (secondary N) is 1. The summed E-state index contributed by atoms with van der Waals surface area (Å²) in [6.45, 7) is 1.50. The Morgan fingerprint density at radius 1 is 1.04 bits per heavy atom. The maximum Gasteiger partial charge on any atom is 0.261 e. The summed E-state index contributed by atoms with van der Waals surface area (Å²) in [4.78, 5) is 3.60. The first-order chi connectivity index (χ1) is 12.1. The molecule has 3 rings (SSSR count). The summed E-state index contributed by atoms with van der Waals surface area (Å²) < 4.78 is 77.3. The van der Waals surface area contributed by atoms with E-state index in [2.05, 4.69) is 9.71 Å². The summed E-state index contributed by atoms with van der Waals surface area (Å²) in [5, 5.41) is 0. The predicted octanol–water partition coefficient (Wildman–Crippen LogP) is 3.17. The highest BCUT2D eigenvalue weighted by Gasteiger charge is 2.19. The van der Waals surface area contributed by atoms with Gasteiger partial charge in [0.1, 0.15) is 0 Å². The van der Waals surface area contributed by atoms with Crippen molar-refractivity contribution in [2.75, 3.05) is 10.5 Å². The van der Waals surface area contributed by atoms with Crippen LogP contribution in [0.2, 0.25) is 0 Å². The molecule has 0 saturated heterocycles. The molecule has 0 amide bonds. The Balaban J connectivity index is 1.96. The molecule has 1 N–H and O–H groups in total. The summed E-state index contributed by atoms with van der Waals surface area (Å²) in [6, 6.07) is 6.55. The van der Waals surface area contributed by atoms with Gasteiger partial charge in [-0.05, 0) is 36.4 Å². The van der Waals surface area contributed by atoms with Crippen LogP contribution in [0.25, 0.3) is 10.2 Å². The molecule has 6 nitrogen and oxygen atoms in total. The largest absolute Gasteiger partial charge is 0.280 e. The Hall–Kier alpha value is -2.11. The van der Waals surface area contributed by atoms with Crippen LogP contribution < -0.4 is 4.72 Å². The highest BCUT2D eigenvalue weighted by Crippen LogP contribution is 2.29. The van der Waals surface area contributed by atoms with Crippen molar-refractivity contribution in [2.24, 2.45) is 0 Å². The SMILES string of the molecule is CCS(=O)(=O)c1nc2ccc(NS(=O)(=O)c3ccc(F)c(F)c3)cc2s1. The molecule has 0 aliphatic rings. The lowest BCUT2D eigenvalue weighted by Gasteiger charge is -2.08. The third kappa shape index (κ3) is 3.55. The second-order valence-corrected chi connectivity index (χ2v) is 10.4. The minimum Gasteiger partial charge on any atom is -0.280 e. The van der Waals surface area contributed by atoms with E-state index in [9.17, 15) is 25.6 Å². The van der Waals surface area contributed by atoms with Gasteiger partial charge in [-0.1, -0.05) is 6.92 Å². The van der Waals surface area contributed by atoms with Crippen LogP contribution in [0.5, 0.6) is 0 Å². The van der Waals surface area contributed by atoms with E-state index in [-0.39, 0.29) is 15.8 Å². The Morgan fingerprint density at radius 3 is 2.42 bits per heavy atom. The van der Waals surface area contributed by atoms with Gasteiger partial charge in [0, 0.05) is 0 Å². The van der Waals surface area contributed by atoms with Crippen molar-refractivity contribution >= 4 is 47.1 Å². The Kier molecular flexibility index (Phi) is 4.71. The van der Waals surface area contributed by atoms with Crippen molar-refractivity contribution in [2.45, 2.75) is 16.2 Å². The number of anilines is 1. The second-order valence-electron chi connectivity index (χ2n) is 5.25. The zero-order chi connectivity index (χ0) is 19.1. The predicted molar refractivity (Wildman–Crippen MR) is 94.5 cm³/mol. The van der Waals surface area contributed by atoms with E-state index in [0.29, 0.717) is 16.3 Å². The molecule has 1 aromatic heterocycles. The first-order valence-electron chi connectivity index (χ1n) is 7.23. The molecule has 0 radical (unpaired) electrons. The number of hydrogen-bond acceptors (Lipinski definition) is 6. The molecule has 0 fully saturated rings. The van der Waals surface area contributed by atoms with Crippen molar-refractivity contribution in [1.29, 1.82) is 0 Å². The summed E-state index contributed by atoms with van der Waals surface area (Å²) in [5.41, 5.74) is 0.559. The molecule has 0 aliphatic carbocycles. The number of benzene rings is 2. The van der Waals surface area contributed by atoms with Crippen molar-refractivity contribution in [3.63, 3.8) is 0 Å². The molecule has 26 heavy (non-hydrogen) atoms. The maximum atomic E-state index is 13.3. The summed E-state index contributed by atoms with van der Waals surface area (Å²) in [5.74, 6) is -2.53. The fourth-order valence-electron chi connectivity index (χ4n) is 2.08. The lowest BCUT2D eigenvalue weighted by atomic mass is 10.3. The summed E-state index contributed by atoms with van der Waals surface area (Å²) >= 11 is 0.926. The van der Waals surface area contributed by atoms with Crippen molar-refractivity contribution in [3.8, 4) is 0 Å². The number of sulfone groups is 1. The number of fused-ring (bicyclic) bond motifs is 1. The van der Waals surface area contributed by atoms with Gasteiger partial charge in [0.05, 0.1) is 26.6 Å². The molecule has 1 heterocycles. The summed E-state index contributed by atoms with van der Waals surface area (Å²) in [6.07, 6.45) is 0. The van der Waals surface area contributed by atoms with Gasteiger partial charge in [-0.15, -0.1) is 11.3 Å². The van der Waals surface area contributed by atoms with Gasteiger partial charge in [0.2, 0.25) is 14.2 Å². The fourth-order valence-corrected chi connectivity index (χ4v) is 5.49. The number of aromatic nitrogens is 1. The zero-order valence-corrected chi connectivity index (χ0v) is 15.7. The van der Waals surface area contributed by atoms with Gasteiger partial charge in [-0.25, -0.2) is 30.6 Å². The number of sulfonamides is 1. The highest BCUT2D eigenvalue weighted by molar-refractivity contribution is 7.93. The topological polar surface area (TPSA) is 93.2 Å². The number of hydrogen-bond donors (Lipinski definition) is 1. The molecule has 3 aromatic rings. The molecule has 0 aliphatic heterocycles. The van der Waals surface area contributed by atoms with Crippen LogP contribution >= 0.6 is 11.3 Å². The lowest BCUT2D eigenvalue weighted by Crippen LogP contribution is -2.13. The molecule has 11 heteroatoms. The van der Waals surface area contributed by atoms with Crippen LogP contribution in [0, 0.1) is 11.6 Å². The van der Waals surface area contributed by atoms with Crippen LogP contribution in [0.3, 0.4) is 0 Å². The Labute approximate surface area is 152 Å². The zero-order valence-electron chi connectivity index (χ0n) is 13.2. The molecule has 2 aromatic carbocycles. The Bertz CT molecular complexity index is 1200. The molecule has 138 valence electrons. The van der Waals surface area contributed by atoms with Crippen LogP contribution in [0.1, 0.15) is 6.92 Å². The second kappa shape index (κ2) is 6.56. The lowest BCUT2D eigenvalue weighted by molar-refractivity contribution is 0.504. The standard InChI is InChI=1S/C15H12F2N2O4S3/c1-2-25(20,21)15-18-13-6-3-9(7-14(13)24-15)19-26(22,23)10-4-5-11(16)12(17)8-10/h3-8,19H,2H2,1H3. The molecular formula is C15H12F2N2O4S3. The van der Waals surface area contributed by atoms with Gasteiger partial charge in [-0.2, -0.15) is 0 Å². The van der Waals surface area contributed by atoms with E-state index >= 15 is 0 Å². The molecule has 0 spiro atoms. The van der Waals surface area contributed by atoms with Crippen LogP contribution in [-0.2, 0) is 19.9 Å². The van der Waals surface area contributed by atoms with Gasteiger partial charge >= 0.3 is 0 Å². The summed E-state index contributed by atoms with van der Waals surface area (Å²) in [7, 11) is -7.61. The number of rotatable bonds is 5. The minimum absolute atomic E-state index is 0.0457. The van der Waals surface area contributed by atoms with E-state index in [1.54, 1.807) is 0 Å². The number of nitrogens with zero attached hydrogens (tertiary/aromatic N) is 1. The normalized spacial score (nSPS) is 12.4. The first-order valence-corrected chi connectivity index (χ1v) is 11.2. The van der Waals surface area contributed by atoms with E-state index in [1.165, 1.54) is 25.1 Å². The molecular weight excluding hydrogens is 406 g/mol. The fraction of sp³-hybridized carbons (Fsp3) is 0.133. The average molecular weight is 418 g/mol. The molecule has 0 saturated carbocycles. The van der Waals surface area contributed by atoms with Gasteiger partial charge in [0.15, 0.2) is 11.6 Å². The maximum absolute atomic E-state index is 13.3. The van der Waals surface area contributed by atoms with Crippen LogP contribution in [-0.4, -0.2) is 27.6 Å². The molecule has 0 unspecified atom stereocenters. The monoisotopic (exact) mass is 418 g/mol. The van der Waals surface area contributed by atoms with Crippen LogP contribution in [0.15, 0.2) is 45.6 Å². The molecule has 0 atom stereocenters. The smallest absolute Gasteiger partial charge is 0.261 e. The third-order valence-corrected chi connectivity index (χ3v) is 8.06. The van der Waals surface area contributed by atoms with E-state index in [1.807, 2.05) is 0 Å².